The number of methoxy groups -OCH3 is 1. The molecule has 1 amide bonds. The Balaban J connectivity index is 1.72. The van der Waals surface area contributed by atoms with Crippen molar-refractivity contribution in [2.45, 2.75) is 6.42 Å². The van der Waals surface area contributed by atoms with E-state index < -0.39 is 0 Å². The highest BCUT2D eigenvalue weighted by molar-refractivity contribution is 6.35. The molecule has 0 aliphatic rings. The van der Waals surface area contributed by atoms with Crippen molar-refractivity contribution in [1.29, 1.82) is 0 Å². The molecule has 2 aromatic carbocycles. The fourth-order valence-corrected chi connectivity index (χ4v) is 3.08. The topological polar surface area (TPSA) is 43.3 Å². The number of nitrogens with one attached hydrogen (secondary N) is 1. The van der Waals surface area contributed by atoms with E-state index >= 15 is 0 Å². The van der Waals surface area contributed by atoms with Crippen molar-refractivity contribution in [3.05, 3.63) is 64.8 Å². The van der Waals surface area contributed by atoms with Crippen LogP contribution in [0.1, 0.15) is 16.1 Å². The second kappa shape index (κ2) is 6.97. The van der Waals surface area contributed by atoms with Gasteiger partial charge in [0, 0.05) is 29.5 Å². The number of ether oxygens (including phenoxy) is 1. The molecule has 0 unspecified atom stereocenters. The van der Waals surface area contributed by atoms with Gasteiger partial charge in [-0.05, 0) is 36.2 Å². The minimum absolute atomic E-state index is 0.111. The Hall–Kier alpha value is -2.46. The number of fused-ring (bicyclic) bond motifs is 1. The minimum atomic E-state index is -0.111. The van der Waals surface area contributed by atoms with Crippen LogP contribution in [-0.2, 0) is 13.5 Å². The van der Waals surface area contributed by atoms with Gasteiger partial charge in [-0.2, -0.15) is 0 Å². The van der Waals surface area contributed by atoms with Crippen LogP contribution in [0.15, 0.2) is 48.5 Å². The highest BCUT2D eigenvalue weighted by Crippen LogP contribution is 2.26. The van der Waals surface area contributed by atoms with E-state index in [1.807, 2.05) is 60.1 Å². The zero-order valence-electron chi connectivity index (χ0n) is 13.7. The molecule has 0 saturated carbocycles. The van der Waals surface area contributed by atoms with E-state index in [1.54, 1.807) is 7.11 Å². The number of carbonyl (C=O) groups is 1. The van der Waals surface area contributed by atoms with Crippen LogP contribution in [0.5, 0.6) is 5.75 Å². The third-order valence-corrected chi connectivity index (χ3v) is 4.47. The molecule has 0 aliphatic carbocycles. The van der Waals surface area contributed by atoms with Crippen LogP contribution in [0, 0.1) is 0 Å². The van der Waals surface area contributed by atoms with Gasteiger partial charge in [0.15, 0.2) is 0 Å². The van der Waals surface area contributed by atoms with Crippen molar-refractivity contribution in [1.82, 2.24) is 9.88 Å². The van der Waals surface area contributed by atoms with Crippen molar-refractivity contribution in [2.24, 2.45) is 7.05 Å². The fourth-order valence-electron chi connectivity index (χ4n) is 2.85. The number of para-hydroxylation sites is 1. The fraction of sp³-hybridized carbons (Fsp3) is 0.211. The number of hydrogen-bond acceptors (Lipinski definition) is 2. The summed E-state index contributed by atoms with van der Waals surface area (Å²) in [4.78, 5) is 12.5. The highest BCUT2D eigenvalue weighted by atomic mass is 35.5. The quantitative estimate of drug-likeness (QED) is 0.766. The second-order valence-electron chi connectivity index (χ2n) is 5.58. The van der Waals surface area contributed by atoms with Gasteiger partial charge < -0.3 is 14.6 Å². The summed E-state index contributed by atoms with van der Waals surface area (Å²) >= 11 is 6.21. The molecule has 0 radical (unpaired) electrons. The van der Waals surface area contributed by atoms with Gasteiger partial charge in [-0.3, -0.25) is 4.79 Å². The van der Waals surface area contributed by atoms with Gasteiger partial charge >= 0.3 is 0 Å². The summed E-state index contributed by atoms with van der Waals surface area (Å²) in [6.07, 6.45) is 0.709. The van der Waals surface area contributed by atoms with Crippen LogP contribution in [0.3, 0.4) is 0 Å². The summed E-state index contributed by atoms with van der Waals surface area (Å²) < 4.78 is 7.19. The Labute approximate surface area is 146 Å². The Morgan fingerprint density at radius 2 is 2.00 bits per heavy atom. The number of amides is 1. The smallest absolute Gasteiger partial charge is 0.267 e. The third-order valence-electron chi connectivity index (χ3n) is 4.14. The van der Waals surface area contributed by atoms with Crippen LogP contribution < -0.4 is 10.1 Å². The molecule has 0 saturated heterocycles. The number of halogens is 1. The zero-order valence-corrected chi connectivity index (χ0v) is 14.4. The van der Waals surface area contributed by atoms with E-state index in [1.165, 1.54) is 0 Å². The van der Waals surface area contributed by atoms with Crippen molar-refractivity contribution in [2.75, 3.05) is 13.7 Å². The Morgan fingerprint density at radius 1 is 1.21 bits per heavy atom. The van der Waals surface area contributed by atoms with Gasteiger partial charge in [0.05, 0.1) is 7.11 Å². The maximum atomic E-state index is 12.5. The van der Waals surface area contributed by atoms with Crippen LogP contribution in [0.4, 0.5) is 0 Å². The predicted octanol–water partition coefficient (Wildman–Crippen LogP) is 3.81. The summed E-state index contributed by atoms with van der Waals surface area (Å²) in [6, 6.07) is 15.3. The molecule has 0 bridgehead atoms. The summed E-state index contributed by atoms with van der Waals surface area (Å²) in [5, 5.41) is 4.50. The molecule has 0 aliphatic heterocycles. The van der Waals surface area contributed by atoms with Crippen LogP contribution >= 0.6 is 11.6 Å². The van der Waals surface area contributed by atoms with E-state index in [4.69, 9.17) is 16.3 Å². The first-order chi connectivity index (χ1) is 11.6. The summed E-state index contributed by atoms with van der Waals surface area (Å²) in [5.74, 6) is 0.725. The highest BCUT2D eigenvalue weighted by Gasteiger charge is 2.14. The first-order valence-corrected chi connectivity index (χ1v) is 8.13. The summed E-state index contributed by atoms with van der Waals surface area (Å²) in [6.45, 7) is 0.536. The normalized spacial score (nSPS) is 10.8. The number of benzene rings is 2. The molecule has 0 atom stereocenters. The van der Waals surface area contributed by atoms with Crippen LogP contribution in [-0.4, -0.2) is 24.1 Å². The molecule has 1 N–H and O–H groups in total. The number of nitrogens with zero attached hydrogens (tertiary/aromatic N) is 1. The van der Waals surface area contributed by atoms with E-state index in [9.17, 15) is 4.79 Å². The molecule has 3 rings (SSSR count). The average molecular weight is 343 g/mol. The monoisotopic (exact) mass is 342 g/mol. The van der Waals surface area contributed by atoms with Crippen molar-refractivity contribution in [3.63, 3.8) is 0 Å². The SMILES string of the molecule is COc1ccccc1CCNC(=O)c1cc2c(Cl)cccc2n1C. The first-order valence-electron chi connectivity index (χ1n) is 7.76. The van der Waals surface area contributed by atoms with E-state index in [0.29, 0.717) is 23.7 Å². The number of aromatic nitrogens is 1. The van der Waals surface area contributed by atoms with Gasteiger partial charge in [-0.25, -0.2) is 0 Å². The third kappa shape index (κ3) is 3.10. The number of aryl methyl sites for hydroxylation is 1. The molecular weight excluding hydrogens is 324 g/mol. The lowest BCUT2D eigenvalue weighted by Gasteiger charge is -2.09. The van der Waals surface area contributed by atoms with Crippen molar-refractivity contribution < 1.29 is 9.53 Å². The Morgan fingerprint density at radius 3 is 2.75 bits per heavy atom. The number of carbonyl (C=O) groups excluding carboxylic acids is 1. The maximum Gasteiger partial charge on any atom is 0.267 e. The number of hydrogen-bond donors (Lipinski definition) is 1. The Kier molecular flexibility index (Phi) is 4.76. The van der Waals surface area contributed by atoms with Crippen molar-refractivity contribution in [3.8, 4) is 5.75 Å². The molecule has 24 heavy (non-hydrogen) atoms. The lowest BCUT2D eigenvalue weighted by Crippen LogP contribution is -2.27. The molecule has 1 aromatic heterocycles. The first kappa shape index (κ1) is 16.4. The molecule has 5 heteroatoms. The van der Waals surface area contributed by atoms with Gasteiger partial charge in [-0.15, -0.1) is 0 Å². The lowest BCUT2D eigenvalue weighted by molar-refractivity contribution is 0.0946. The molecular formula is C19H19ClN2O2. The van der Waals surface area contributed by atoms with Crippen LogP contribution in [0.2, 0.25) is 5.02 Å². The molecule has 3 aromatic rings. The molecule has 0 fully saturated rings. The lowest BCUT2D eigenvalue weighted by atomic mass is 10.1. The van der Waals surface area contributed by atoms with E-state index in [-0.39, 0.29) is 5.91 Å². The summed E-state index contributed by atoms with van der Waals surface area (Å²) in [7, 11) is 3.52. The molecule has 4 nitrogen and oxygen atoms in total. The van der Waals surface area contributed by atoms with Crippen molar-refractivity contribution >= 4 is 28.4 Å². The van der Waals surface area contributed by atoms with Crippen LogP contribution in [0.25, 0.3) is 10.9 Å². The summed E-state index contributed by atoms with van der Waals surface area (Å²) in [5.41, 5.74) is 2.61. The zero-order chi connectivity index (χ0) is 17.1. The minimum Gasteiger partial charge on any atom is -0.496 e. The van der Waals surface area contributed by atoms with Gasteiger partial charge in [0.25, 0.3) is 5.91 Å². The van der Waals surface area contributed by atoms with Gasteiger partial charge in [0.1, 0.15) is 11.4 Å². The molecule has 0 spiro atoms. The Bertz CT molecular complexity index is 886. The van der Waals surface area contributed by atoms with E-state index in [2.05, 4.69) is 5.32 Å². The van der Waals surface area contributed by atoms with Gasteiger partial charge in [0.2, 0.25) is 0 Å². The molecule has 1 heterocycles. The average Bonchev–Trinajstić information content (AvgIpc) is 2.94. The number of rotatable bonds is 5. The largest absolute Gasteiger partial charge is 0.496 e. The second-order valence-corrected chi connectivity index (χ2v) is 5.99. The van der Waals surface area contributed by atoms with Gasteiger partial charge in [-0.1, -0.05) is 35.9 Å². The van der Waals surface area contributed by atoms with E-state index in [0.717, 1.165) is 22.2 Å². The maximum absolute atomic E-state index is 12.5. The predicted molar refractivity (Wildman–Crippen MR) is 97.0 cm³/mol. The molecule has 124 valence electrons. The standard InChI is InChI=1S/C19H19ClN2O2/c1-22-16-8-5-7-15(20)14(16)12-17(22)19(23)21-11-10-13-6-3-4-9-18(13)24-2/h3-9,12H,10-11H2,1-2H3,(H,21,23).